The predicted octanol–water partition coefficient (Wildman–Crippen LogP) is 1.85. The maximum absolute atomic E-state index is 12.2. The van der Waals surface area contributed by atoms with Gasteiger partial charge in [-0.3, -0.25) is 9.59 Å². The summed E-state index contributed by atoms with van der Waals surface area (Å²) in [6.07, 6.45) is 0. The van der Waals surface area contributed by atoms with Gasteiger partial charge in [-0.1, -0.05) is 13.8 Å². The van der Waals surface area contributed by atoms with Crippen LogP contribution >= 0.6 is 0 Å². The van der Waals surface area contributed by atoms with E-state index in [-0.39, 0.29) is 17.7 Å². The normalized spacial score (nSPS) is 11.9. The van der Waals surface area contributed by atoms with Crippen LogP contribution in [0.3, 0.4) is 0 Å². The molecule has 1 unspecified atom stereocenters. The van der Waals surface area contributed by atoms with Crippen LogP contribution in [0, 0.1) is 5.92 Å². The van der Waals surface area contributed by atoms with Crippen molar-refractivity contribution in [3.05, 3.63) is 24.3 Å². The van der Waals surface area contributed by atoms with Crippen molar-refractivity contribution in [1.29, 1.82) is 0 Å². The molecule has 0 aromatic heterocycles. The first-order chi connectivity index (χ1) is 9.31. The van der Waals surface area contributed by atoms with Gasteiger partial charge in [0.15, 0.2) is 0 Å². The van der Waals surface area contributed by atoms with E-state index in [2.05, 4.69) is 10.6 Å². The highest BCUT2D eigenvalue weighted by Gasteiger charge is 2.22. The number of benzene rings is 1. The third-order valence-electron chi connectivity index (χ3n) is 2.96. The monoisotopic (exact) mass is 277 g/mol. The Hall–Kier alpha value is -2.04. The van der Waals surface area contributed by atoms with Crippen LogP contribution in [0.1, 0.15) is 20.8 Å². The SMILES string of the molecule is CC(=O)NC(C(=O)Nc1ccc(N(C)C)cc1)C(C)C. The zero-order valence-corrected chi connectivity index (χ0v) is 12.7. The van der Waals surface area contributed by atoms with Gasteiger partial charge >= 0.3 is 0 Å². The van der Waals surface area contributed by atoms with Crippen molar-refractivity contribution in [2.24, 2.45) is 5.92 Å². The number of anilines is 2. The molecule has 0 radical (unpaired) electrons. The molecule has 1 aromatic rings. The van der Waals surface area contributed by atoms with Crippen LogP contribution < -0.4 is 15.5 Å². The third kappa shape index (κ3) is 4.57. The smallest absolute Gasteiger partial charge is 0.247 e. The zero-order valence-electron chi connectivity index (χ0n) is 12.7. The van der Waals surface area contributed by atoms with E-state index < -0.39 is 6.04 Å². The molecule has 20 heavy (non-hydrogen) atoms. The minimum absolute atomic E-state index is 0.0277. The largest absolute Gasteiger partial charge is 0.378 e. The highest BCUT2D eigenvalue weighted by Crippen LogP contribution is 2.16. The standard InChI is InChI=1S/C15H23N3O2/c1-10(2)14(16-11(3)19)15(20)17-12-6-8-13(9-7-12)18(4)5/h6-10,14H,1-5H3,(H,16,19)(H,17,20). The molecule has 0 bridgehead atoms. The van der Waals surface area contributed by atoms with E-state index in [0.29, 0.717) is 0 Å². The van der Waals surface area contributed by atoms with Crippen LogP contribution in [-0.4, -0.2) is 32.0 Å². The summed E-state index contributed by atoms with van der Waals surface area (Å²) in [5, 5.41) is 5.49. The predicted molar refractivity (Wildman–Crippen MR) is 81.8 cm³/mol. The fraction of sp³-hybridized carbons (Fsp3) is 0.467. The van der Waals surface area contributed by atoms with Crippen LogP contribution in [0.15, 0.2) is 24.3 Å². The summed E-state index contributed by atoms with van der Waals surface area (Å²) in [4.78, 5) is 25.3. The topological polar surface area (TPSA) is 61.4 Å². The second-order valence-electron chi connectivity index (χ2n) is 5.35. The average Bonchev–Trinajstić information content (AvgIpc) is 2.35. The zero-order chi connectivity index (χ0) is 15.3. The van der Waals surface area contributed by atoms with Crippen LogP contribution in [-0.2, 0) is 9.59 Å². The minimum atomic E-state index is -0.527. The van der Waals surface area contributed by atoms with Gasteiger partial charge in [0.25, 0.3) is 0 Å². The van der Waals surface area contributed by atoms with E-state index in [0.717, 1.165) is 11.4 Å². The van der Waals surface area contributed by atoms with Crippen molar-refractivity contribution in [3.63, 3.8) is 0 Å². The Morgan fingerprint density at radius 2 is 1.65 bits per heavy atom. The average molecular weight is 277 g/mol. The summed E-state index contributed by atoms with van der Waals surface area (Å²) in [5.41, 5.74) is 1.78. The van der Waals surface area contributed by atoms with E-state index in [1.807, 2.05) is 57.1 Å². The number of nitrogens with zero attached hydrogens (tertiary/aromatic N) is 1. The van der Waals surface area contributed by atoms with Gasteiger partial charge in [-0.25, -0.2) is 0 Å². The van der Waals surface area contributed by atoms with Gasteiger partial charge in [-0.05, 0) is 30.2 Å². The molecule has 0 aliphatic heterocycles. The maximum atomic E-state index is 12.2. The lowest BCUT2D eigenvalue weighted by molar-refractivity contribution is -0.126. The van der Waals surface area contributed by atoms with Gasteiger partial charge in [0.05, 0.1) is 0 Å². The number of carbonyl (C=O) groups excluding carboxylic acids is 2. The molecule has 0 aliphatic carbocycles. The van der Waals surface area contributed by atoms with Crippen LogP contribution in [0.25, 0.3) is 0 Å². The van der Waals surface area contributed by atoms with Crippen molar-refractivity contribution < 1.29 is 9.59 Å². The number of hydrogen-bond donors (Lipinski definition) is 2. The molecule has 1 rings (SSSR count). The van der Waals surface area contributed by atoms with Crippen molar-refractivity contribution in [2.45, 2.75) is 26.8 Å². The van der Waals surface area contributed by atoms with Crippen molar-refractivity contribution in [1.82, 2.24) is 5.32 Å². The quantitative estimate of drug-likeness (QED) is 0.863. The second kappa shape index (κ2) is 6.93. The molecular formula is C15H23N3O2. The minimum Gasteiger partial charge on any atom is -0.378 e. The van der Waals surface area contributed by atoms with E-state index in [1.165, 1.54) is 6.92 Å². The first-order valence-electron chi connectivity index (χ1n) is 6.66. The number of carbonyl (C=O) groups is 2. The van der Waals surface area contributed by atoms with Crippen molar-refractivity contribution >= 4 is 23.2 Å². The summed E-state index contributed by atoms with van der Waals surface area (Å²) in [5.74, 6) is -0.380. The van der Waals surface area contributed by atoms with Gasteiger partial charge in [-0.2, -0.15) is 0 Å². The number of nitrogens with one attached hydrogen (secondary N) is 2. The van der Waals surface area contributed by atoms with Crippen LogP contribution in [0.4, 0.5) is 11.4 Å². The Bertz CT molecular complexity index is 467. The molecule has 110 valence electrons. The first kappa shape index (κ1) is 16.0. The second-order valence-corrected chi connectivity index (χ2v) is 5.35. The Labute approximate surface area is 120 Å². The fourth-order valence-electron chi connectivity index (χ4n) is 1.82. The summed E-state index contributed by atoms with van der Waals surface area (Å²) in [6, 6.07) is 7.02. The lowest BCUT2D eigenvalue weighted by Crippen LogP contribution is -2.46. The molecule has 0 saturated carbocycles. The number of amides is 2. The molecule has 5 nitrogen and oxygen atoms in total. The summed E-state index contributed by atoms with van der Waals surface area (Å²) in [6.45, 7) is 5.21. The number of hydrogen-bond acceptors (Lipinski definition) is 3. The van der Waals surface area contributed by atoms with E-state index in [4.69, 9.17) is 0 Å². The molecule has 1 aromatic carbocycles. The molecule has 0 saturated heterocycles. The lowest BCUT2D eigenvalue weighted by Gasteiger charge is -2.21. The lowest BCUT2D eigenvalue weighted by atomic mass is 10.0. The van der Waals surface area contributed by atoms with E-state index in [1.54, 1.807) is 0 Å². The number of rotatable bonds is 5. The molecule has 2 N–H and O–H groups in total. The van der Waals surface area contributed by atoms with E-state index >= 15 is 0 Å². The first-order valence-corrected chi connectivity index (χ1v) is 6.66. The van der Waals surface area contributed by atoms with Crippen molar-refractivity contribution in [3.8, 4) is 0 Å². The highest BCUT2D eigenvalue weighted by atomic mass is 16.2. The van der Waals surface area contributed by atoms with Crippen molar-refractivity contribution in [2.75, 3.05) is 24.3 Å². The molecule has 0 fully saturated rings. The van der Waals surface area contributed by atoms with Gasteiger partial charge in [0.1, 0.15) is 6.04 Å². The molecule has 0 aliphatic rings. The van der Waals surface area contributed by atoms with Gasteiger partial charge < -0.3 is 15.5 Å². The molecule has 1 atom stereocenters. The summed E-state index contributed by atoms with van der Waals surface area (Å²) >= 11 is 0. The molecule has 2 amide bonds. The molecule has 0 heterocycles. The van der Waals surface area contributed by atoms with Crippen LogP contribution in [0.2, 0.25) is 0 Å². The Morgan fingerprint density at radius 1 is 1.10 bits per heavy atom. The van der Waals surface area contributed by atoms with Crippen LogP contribution in [0.5, 0.6) is 0 Å². The fourth-order valence-corrected chi connectivity index (χ4v) is 1.82. The molecule has 5 heteroatoms. The Morgan fingerprint density at radius 3 is 2.05 bits per heavy atom. The van der Waals surface area contributed by atoms with E-state index in [9.17, 15) is 9.59 Å². The summed E-state index contributed by atoms with van der Waals surface area (Å²) < 4.78 is 0. The van der Waals surface area contributed by atoms with Gasteiger partial charge in [0, 0.05) is 32.4 Å². The Kier molecular flexibility index (Phi) is 5.55. The summed E-state index contributed by atoms with van der Waals surface area (Å²) in [7, 11) is 3.92. The van der Waals surface area contributed by atoms with Gasteiger partial charge in [-0.15, -0.1) is 0 Å². The highest BCUT2D eigenvalue weighted by molar-refractivity contribution is 5.97. The molecule has 0 spiro atoms. The molecular weight excluding hydrogens is 254 g/mol. The Balaban J connectivity index is 2.75. The third-order valence-corrected chi connectivity index (χ3v) is 2.96. The maximum Gasteiger partial charge on any atom is 0.247 e. The van der Waals surface area contributed by atoms with Gasteiger partial charge in [0.2, 0.25) is 11.8 Å².